The highest BCUT2D eigenvalue weighted by Gasteiger charge is 2.37. The molecule has 1 N–H and O–H groups in total. The van der Waals surface area contributed by atoms with Crippen LogP contribution in [-0.4, -0.2) is 26.3 Å². The molecule has 1 aliphatic heterocycles. The van der Waals surface area contributed by atoms with Crippen LogP contribution >= 0.6 is 11.6 Å². The van der Waals surface area contributed by atoms with Crippen LogP contribution in [0.2, 0.25) is 5.02 Å². The maximum absolute atomic E-state index is 13.1. The highest BCUT2D eigenvalue weighted by molar-refractivity contribution is 7.87. The van der Waals surface area contributed by atoms with Crippen molar-refractivity contribution in [2.24, 2.45) is 0 Å². The summed E-state index contributed by atoms with van der Waals surface area (Å²) >= 11 is 6.13. The van der Waals surface area contributed by atoms with E-state index in [1.807, 2.05) is 6.92 Å². The normalized spacial score (nSPS) is 15.4. The second-order valence-electron chi connectivity index (χ2n) is 7.30. The molecule has 0 aliphatic carbocycles. The number of nitrogens with one attached hydrogen (secondary N) is 1. The number of urea groups is 1. The molecule has 1 saturated heterocycles. The topological polar surface area (TPSA) is 110 Å². The molecule has 0 spiro atoms. The summed E-state index contributed by atoms with van der Waals surface area (Å²) in [5, 5.41) is 2.23. The first-order valence-corrected chi connectivity index (χ1v) is 11.7. The fourth-order valence-corrected chi connectivity index (χ4v) is 4.39. The van der Waals surface area contributed by atoms with E-state index in [0.717, 1.165) is 16.5 Å². The monoisotopic (exact) mass is 496 g/mol. The highest BCUT2D eigenvalue weighted by atomic mass is 35.5. The Morgan fingerprint density at radius 2 is 1.56 bits per heavy atom. The Balaban J connectivity index is 1.72. The standard InChI is InChI=1S/C24H17ClN2O6S/c1-15-10-12-17(13-11-15)34(31,32)33-21-9-5-2-6-16(21)14-18-22(28)26-24(30)27(23(18)29)20-8-4-3-7-19(20)25/h2-14H,1H3,(H,26,28,30)/b18-14+. The summed E-state index contributed by atoms with van der Waals surface area (Å²) in [6.07, 6.45) is 1.16. The number of barbiturate groups is 1. The van der Waals surface area contributed by atoms with Gasteiger partial charge in [0.1, 0.15) is 16.2 Å². The lowest BCUT2D eigenvalue weighted by Crippen LogP contribution is -2.54. The van der Waals surface area contributed by atoms with E-state index in [1.165, 1.54) is 36.4 Å². The van der Waals surface area contributed by atoms with Crippen LogP contribution in [0.3, 0.4) is 0 Å². The van der Waals surface area contributed by atoms with Crippen LogP contribution in [0.5, 0.6) is 5.75 Å². The summed E-state index contributed by atoms with van der Waals surface area (Å²) in [5.41, 5.74) is 0.716. The minimum absolute atomic E-state index is 0.0532. The number of aryl methyl sites for hydroxylation is 1. The molecule has 8 nitrogen and oxygen atoms in total. The van der Waals surface area contributed by atoms with Crippen molar-refractivity contribution in [1.29, 1.82) is 0 Å². The third kappa shape index (κ3) is 4.57. The summed E-state index contributed by atoms with van der Waals surface area (Å²) in [6.45, 7) is 1.82. The number of benzene rings is 3. The number of amides is 4. The van der Waals surface area contributed by atoms with Gasteiger partial charge in [-0.15, -0.1) is 0 Å². The Bertz CT molecular complexity index is 1450. The molecular weight excluding hydrogens is 480 g/mol. The average molecular weight is 497 g/mol. The van der Waals surface area contributed by atoms with Crippen LogP contribution in [0.15, 0.2) is 83.3 Å². The molecular formula is C24H17ClN2O6S. The van der Waals surface area contributed by atoms with Crippen molar-refractivity contribution in [3.05, 3.63) is 94.5 Å². The van der Waals surface area contributed by atoms with Crippen molar-refractivity contribution in [1.82, 2.24) is 5.32 Å². The zero-order valence-corrected chi connectivity index (χ0v) is 19.3. The molecule has 3 aromatic rings. The number of nitrogens with zero attached hydrogens (tertiary/aromatic N) is 1. The van der Waals surface area contributed by atoms with Crippen LogP contribution in [0.4, 0.5) is 10.5 Å². The Labute approximate surface area is 200 Å². The molecule has 4 rings (SSSR count). The largest absolute Gasteiger partial charge is 0.378 e. The smallest absolute Gasteiger partial charge is 0.339 e. The zero-order valence-electron chi connectivity index (χ0n) is 17.7. The minimum atomic E-state index is -4.19. The molecule has 1 fully saturated rings. The second kappa shape index (κ2) is 9.12. The third-order valence-corrected chi connectivity index (χ3v) is 6.49. The van der Waals surface area contributed by atoms with E-state index < -0.39 is 33.5 Å². The molecule has 10 heteroatoms. The first kappa shape index (κ1) is 23.2. The predicted octanol–water partition coefficient (Wildman–Crippen LogP) is 4.08. The second-order valence-corrected chi connectivity index (χ2v) is 9.25. The number of hydrogen-bond acceptors (Lipinski definition) is 6. The van der Waals surface area contributed by atoms with Gasteiger partial charge in [-0.3, -0.25) is 14.9 Å². The first-order chi connectivity index (χ1) is 16.2. The molecule has 0 unspecified atom stereocenters. The van der Waals surface area contributed by atoms with Crippen molar-refractivity contribution in [3.8, 4) is 5.75 Å². The highest BCUT2D eigenvalue weighted by Crippen LogP contribution is 2.30. The minimum Gasteiger partial charge on any atom is -0.378 e. The third-order valence-electron chi connectivity index (χ3n) is 4.92. The van der Waals surface area contributed by atoms with Gasteiger partial charge in [0.15, 0.2) is 0 Å². The molecule has 0 atom stereocenters. The lowest BCUT2D eigenvalue weighted by atomic mass is 10.1. The number of carbonyl (C=O) groups is 3. The Kier molecular flexibility index (Phi) is 6.23. The number of carbonyl (C=O) groups excluding carboxylic acids is 3. The van der Waals surface area contributed by atoms with Crippen molar-refractivity contribution in [2.75, 3.05) is 4.90 Å². The summed E-state index contributed by atoms with van der Waals surface area (Å²) < 4.78 is 30.8. The number of hydrogen-bond donors (Lipinski definition) is 1. The molecule has 1 aliphatic rings. The van der Waals surface area contributed by atoms with E-state index in [0.29, 0.717) is 0 Å². The van der Waals surface area contributed by atoms with Gasteiger partial charge >= 0.3 is 16.1 Å². The summed E-state index contributed by atoms with van der Waals surface area (Å²) in [7, 11) is -4.19. The van der Waals surface area contributed by atoms with Crippen LogP contribution in [0.25, 0.3) is 6.08 Å². The van der Waals surface area contributed by atoms with E-state index in [-0.39, 0.29) is 26.9 Å². The Morgan fingerprint density at radius 1 is 0.912 bits per heavy atom. The maximum atomic E-state index is 13.1. The van der Waals surface area contributed by atoms with E-state index >= 15 is 0 Å². The van der Waals surface area contributed by atoms with Gasteiger partial charge in [-0.1, -0.05) is 59.6 Å². The molecule has 1 heterocycles. The van der Waals surface area contributed by atoms with Gasteiger partial charge in [0, 0.05) is 5.56 Å². The Morgan fingerprint density at radius 3 is 2.26 bits per heavy atom. The van der Waals surface area contributed by atoms with Crippen LogP contribution in [-0.2, 0) is 19.7 Å². The van der Waals surface area contributed by atoms with Crippen molar-refractivity contribution in [3.63, 3.8) is 0 Å². The molecule has 0 saturated carbocycles. The van der Waals surface area contributed by atoms with Crippen molar-refractivity contribution < 1.29 is 27.0 Å². The van der Waals surface area contributed by atoms with E-state index in [9.17, 15) is 22.8 Å². The first-order valence-electron chi connectivity index (χ1n) is 9.93. The number of anilines is 1. The SMILES string of the molecule is Cc1ccc(S(=O)(=O)Oc2ccccc2/C=C2\C(=O)NC(=O)N(c3ccccc3Cl)C2=O)cc1. The lowest BCUT2D eigenvalue weighted by Gasteiger charge is -2.27. The molecule has 0 radical (unpaired) electrons. The van der Waals surface area contributed by atoms with Gasteiger partial charge in [-0.2, -0.15) is 8.42 Å². The molecule has 3 aromatic carbocycles. The number of halogens is 1. The number of para-hydroxylation sites is 2. The summed E-state index contributed by atoms with van der Waals surface area (Å²) in [5.74, 6) is -1.95. The average Bonchev–Trinajstić information content (AvgIpc) is 2.79. The fourth-order valence-electron chi connectivity index (χ4n) is 3.21. The van der Waals surface area contributed by atoms with Gasteiger partial charge in [0.25, 0.3) is 11.8 Å². The van der Waals surface area contributed by atoms with E-state index in [4.69, 9.17) is 15.8 Å². The van der Waals surface area contributed by atoms with E-state index in [2.05, 4.69) is 5.32 Å². The fraction of sp³-hybridized carbons (Fsp3) is 0.0417. The summed E-state index contributed by atoms with van der Waals surface area (Å²) in [4.78, 5) is 38.7. The van der Waals surface area contributed by atoms with Gasteiger partial charge in [0.2, 0.25) is 0 Å². The van der Waals surface area contributed by atoms with Crippen LogP contribution in [0.1, 0.15) is 11.1 Å². The van der Waals surface area contributed by atoms with Crippen molar-refractivity contribution >= 4 is 51.3 Å². The molecule has 34 heavy (non-hydrogen) atoms. The number of imide groups is 2. The lowest BCUT2D eigenvalue weighted by molar-refractivity contribution is -0.122. The Hall–Kier alpha value is -3.95. The van der Waals surface area contributed by atoms with Crippen LogP contribution < -0.4 is 14.4 Å². The van der Waals surface area contributed by atoms with Crippen LogP contribution in [0, 0.1) is 6.92 Å². The van der Waals surface area contributed by atoms with Gasteiger partial charge in [-0.25, -0.2) is 9.69 Å². The van der Waals surface area contributed by atoms with Gasteiger partial charge < -0.3 is 4.18 Å². The molecule has 0 bridgehead atoms. The molecule has 0 aromatic heterocycles. The van der Waals surface area contributed by atoms with Crippen molar-refractivity contribution in [2.45, 2.75) is 11.8 Å². The summed E-state index contributed by atoms with van der Waals surface area (Å²) in [6, 6.07) is 17.3. The predicted molar refractivity (Wildman–Crippen MR) is 126 cm³/mol. The molecule has 4 amide bonds. The molecule has 172 valence electrons. The van der Waals surface area contributed by atoms with E-state index in [1.54, 1.807) is 36.4 Å². The number of rotatable bonds is 5. The van der Waals surface area contributed by atoms with Gasteiger partial charge in [-0.05, 0) is 43.3 Å². The zero-order chi connectivity index (χ0) is 24.5. The maximum Gasteiger partial charge on any atom is 0.339 e. The quantitative estimate of drug-likeness (QED) is 0.324. The van der Waals surface area contributed by atoms with Gasteiger partial charge in [0.05, 0.1) is 10.7 Å².